The van der Waals surface area contributed by atoms with Crippen molar-refractivity contribution in [3.63, 3.8) is 0 Å². The van der Waals surface area contributed by atoms with E-state index in [2.05, 4.69) is 15.4 Å². The van der Waals surface area contributed by atoms with Crippen LogP contribution in [0.2, 0.25) is 5.02 Å². The Hall–Kier alpha value is -3.39. The second-order valence-corrected chi connectivity index (χ2v) is 9.05. The Morgan fingerprint density at radius 3 is 2.24 bits per heavy atom. The fourth-order valence-electron chi connectivity index (χ4n) is 3.16. The molecule has 0 unspecified atom stereocenters. The monoisotopic (exact) mass is 472 g/mol. The Kier molecular flexibility index (Phi) is 5.66. The number of halogens is 4. The second-order valence-electron chi connectivity index (χ2n) is 8.62. The number of fused-ring (bicyclic) bond motifs is 1. The van der Waals surface area contributed by atoms with Crippen molar-refractivity contribution < 1.29 is 18.0 Å². The third-order valence-electron chi connectivity index (χ3n) is 5.01. The van der Waals surface area contributed by atoms with Crippen molar-refractivity contribution in [3.8, 4) is 22.5 Å². The van der Waals surface area contributed by atoms with Crippen LogP contribution in [0.25, 0.3) is 28.2 Å². The summed E-state index contributed by atoms with van der Waals surface area (Å²) in [6, 6.07) is 14.3. The van der Waals surface area contributed by atoms with Gasteiger partial charge in [-0.3, -0.25) is 4.79 Å². The lowest BCUT2D eigenvalue weighted by Crippen LogP contribution is -2.28. The van der Waals surface area contributed by atoms with Gasteiger partial charge in [-0.25, -0.2) is 9.50 Å². The van der Waals surface area contributed by atoms with E-state index in [0.717, 1.165) is 11.6 Å². The average Bonchev–Trinajstić information content (AvgIpc) is 3.16. The van der Waals surface area contributed by atoms with E-state index in [1.165, 1.54) is 12.1 Å². The van der Waals surface area contributed by atoms with Crippen LogP contribution in [0.1, 0.15) is 26.3 Å². The SMILES string of the molecule is CC(C)(C)C(=O)Nc1cc(-c2cn3nc(-c4ccc(Cl)cc4)ccc3n2)ccc1C(F)(F)F. The predicted octanol–water partition coefficient (Wildman–Crippen LogP) is 6.72. The summed E-state index contributed by atoms with van der Waals surface area (Å²) in [5.41, 5.74) is 0.836. The first kappa shape index (κ1) is 22.8. The Balaban J connectivity index is 1.74. The van der Waals surface area contributed by atoms with Crippen molar-refractivity contribution >= 4 is 28.8 Å². The standard InChI is InChI=1S/C24H20ClF3N4O/c1-23(2,3)22(33)30-19-12-15(6-9-17(19)24(26,27)28)20-13-32-21(29-20)11-10-18(31-32)14-4-7-16(25)8-5-14/h4-13H,1-3H3,(H,30,33). The van der Waals surface area contributed by atoms with E-state index in [4.69, 9.17) is 11.6 Å². The number of hydrogen-bond donors (Lipinski definition) is 1. The molecule has 0 saturated heterocycles. The normalized spacial score (nSPS) is 12.2. The number of nitrogens with one attached hydrogen (secondary N) is 1. The molecule has 0 bridgehead atoms. The lowest BCUT2D eigenvalue weighted by atomic mass is 9.95. The van der Waals surface area contributed by atoms with Gasteiger partial charge in [0.2, 0.25) is 5.91 Å². The number of imidazole rings is 1. The molecule has 4 aromatic rings. The van der Waals surface area contributed by atoms with E-state index >= 15 is 0 Å². The molecule has 0 aliphatic rings. The van der Waals surface area contributed by atoms with Crippen LogP contribution in [0.4, 0.5) is 18.9 Å². The van der Waals surface area contributed by atoms with Gasteiger partial charge >= 0.3 is 6.18 Å². The first-order chi connectivity index (χ1) is 15.4. The number of rotatable bonds is 3. The summed E-state index contributed by atoms with van der Waals surface area (Å²) < 4.78 is 42.2. The molecule has 0 saturated carbocycles. The zero-order valence-corrected chi connectivity index (χ0v) is 18.8. The summed E-state index contributed by atoms with van der Waals surface area (Å²) in [7, 11) is 0. The van der Waals surface area contributed by atoms with Crippen molar-refractivity contribution in [2.75, 3.05) is 5.32 Å². The number of alkyl halides is 3. The highest BCUT2D eigenvalue weighted by atomic mass is 35.5. The van der Waals surface area contributed by atoms with Gasteiger partial charge in [-0.05, 0) is 36.4 Å². The van der Waals surface area contributed by atoms with Crippen molar-refractivity contribution in [2.24, 2.45) is 5.41 Å². The maximum Gasteiger partial charge on any atom is 0.418 e. The minimum Gasteiger partial charge on any atom is -0.325 e. The fourth-order valence-corrected chi connectivity index (χ4v) is 3.29. The van der Waals surface area contributed by atoms with Crippen LogP contribution in [0.5, 0.6) is 0 Å². The molecule has 33 heavy (non-hydrogen) atoms. The molecule has 170 valence electrons. The minimum absolute atomic E-state index is 0.313. The zero-order valence-electron chi connectivity index (χ0n) is 18.0. The Morgan fingerprint density at radius 2 is 1.61 bits per heavy atom. The lowest BCUT2D eigenvalue weighted by molar-refractivity contribution is -0.137. The molecule has 0 atom stereocenters. The highest BCUT2D eigenvalue weighted by molar-refractivity contribution is 6.30. The topological polar surface area (TPSA) is 59.3 Å². The maximum atomic E-state index is 13.5. The smallest absolute Gasteiger partial charge is 0.325 e. The summed E-state index contributed by atoms with van der Waals surface area (Å²) in [5, 5.41) is 7.57. The van der Waals surface area contributed by atoms with Gasteiger partial charge in [0.05, 0.1) is 28.8 Å². The Morgan fingerprint density at radius 1 is 0.939 bits per heavy atom. The number of carbonyl (C=O) groups excluding carboxylic acids is 1. The molecule has 2 heterocycles. The van der Waals surface area contributed by atoms with E-state index in [1.807, 2.05) is 12.1 Å². The molecule has 5 nitrogen and oxygen atoms in total. The molecule has 0 aliphatic carbocycles. The van der Waals surface area contributed by atoms with Crippen LogP contribution in [-0.2, 0) is 11.0 Å². The van der Waals surface area contributed by atoms with Gasteiger partial charge in [0.15, 0.2) is 5.65 Å². The van der Waals surface area contributed by atoms with Crippen molar-refractivity contribution in [2.45, 2.75) is 26.9 Å². The highest BCUT2D eigenvalue weighted by Gasteiger charge is 2.35. The zero-order chi connectivity index (χ0) is 24.0. The van der Waals surface area contributed by atoms with E-state index in [0.29, 0.717) is 27.6 Å². The van der Waals surface area contributed by atoms with Gasteiger partial charge in [-0.15, -0.1) is 0 Å². The summed E-state index contributed by atoms with van der Waals surface area (Å²) in [6.07, 6.45) is -2.99. The average molecular weight is 473 g/mol. The Bertz CT molecular complexity index is 1340. The van der Waals surface area contributed by atoms with Crippen molar-refractivity contribution in [1.29, 1.82) is 0 Å². The van der Waals surface area contributed by atoms with Crippen LogP contribution in [-0.4, -0.2) is 20.5 Å². The number of carbonyl (C=O) groups is 1. The highest BCUT2D eigenvalue weighted by Crippen LogP contribution is 2.38. The Labute approximate surface area is 193 Å². The molecule has 4 rings (SSSR count). The van der Waals surface area contributed by atoms with Gasteiger partial charge in [-0.1, -0.05) is 50.6 Å². The fraction of sp³-hybridized carbons (Fsp3) is 0.208. The molecule has 2 aromatic heterocycles. The second kappa shape index (κ2) is 8.19. The summed E-state index contributed by atoms with van der Waals surface area (Å²) >= 11 is 5.94. The predicted molar refractivity (Wildman–Crippen MR) is 122 cm³/mol. The quantitative estimate of drug-likeness (QED) is 0.360. The third kappa shape index (κ3) is 4.85. The van der Waals surface area contributed by atoms with Gasteiger partial charge in [0.25, 0.3) is 0 Å². The molecule has 0 radical (unpaired) electrons. The van der Waals surface area contributed by atoms with Crippen LogP contribution < -0.4 is 5.32 Å². The van der Waals surface area contributed by atoms with Crippen LogP contribution >= 0.6 is 11.6 Å². The summed E-state index contributed by atoms with van der Waals surface area (Å²) in [5.74, 6) is -0.519. The molecule has 1 N–H and O–H groups in total. The van der Waals surface area contributed by atoms with E-state index in [9.17, 15) is 18.0 Å². The summed E-state index contributed by atoms with van der Waals surface area (Å²) in [6.45, 7) is 4.89. The van der Waals surface area contributed by atoms with Crippen LogP contribution in [0, 0.1) is 5.41 Å². The first-order valence-corrected chi connectivity index (χ1v) is 10.4. The molecule has 0 fully saturated rings. The van der Waals surface area contributed by atoms with Gasteiger partial charge in [-0.2, -0.15) is 18.3 Å². The van der Waals surface area contributed by atoms with Gasteiger partial charge in [0, 0.05) is 21.6 Å². The molecule has 0 spiro atoms. The number of anilines is 1. The minimum atomic E-state index is -4.62. The first-order valence-electron chi connectivity index (χ1n) is 10.1. The number of nitrogens with zero attached hydrogens (tertiary/aromatic N) is 3. The van der Waals surface area contributed by atoms with Gasteiger partial charge < -0.3 is 5.32 Å². The lowest BCUT2D eigenvalue weighted by Gasteiger charge is -2.20. The number of benzene rings is 2. The summed E-state index contributed by atoms with van der Waals surface area (Å²) in [4.78, 5) is 16.9. The molecule has 0 aliphatic heterocycles. The van der Waals surface area contributed by atoms with E-state index in [-0.39, 0.29) is 5.69 Å². The molecule has 1 amide bonds. The van der Waals surface area contributed by atoms with Crippen molar-refractivity contribution in [1.82, 2.24) is 14.6 Å². The molecular weight excluding hydrogens is 453 g/mol. The molecule has 2 aromatic carbocycles. The maximum absolute atomic E-state index is 13.5. The largest absolute Gasteiger partial charge is 0.418 e. The van der Waals surface area contributed by atoms with Crippen molar-refractivity contribution in [3.05, 3.63) is 71.4 Å². The molecule has 9 heteroatoms. The van der Waals surface area contributed by atoms with Gasteiger partial charge in [0.1, 0.15) is 0 Å². The third-order valence-corrected chi connectivity index (χ3v) is 5.26. The van der Waals surface area contributed by atoms with Crippen LogP contribution in [0.3, 0.4) is 0 Å². The van der Waals surface area contributed by atoms with E-state index in [1.54, 1.807) is 55.7 Å². The number of aromatic nitrogens is 3. The number of hydrogen-bond acceptors (Lipinski definition) is 3. The van der Waals surface area contributed by atoms with E-state index < -0.39 is 23.1 Å². The number of amides is 1. The molecular formula is C24H20ClF3N4O. The van der Waals surface area contributed by atoms with Crippen LogP contribution in [0.15, 0.2) is 60.8 Å².